The predicted octanol–water partition coefficient (Wildman–Crippen LogP) is 3.29. The van der Waals surface area contributed by atoms with Crippen LogP contribution in [0, 0.1) is 13.8 Å². The standard InChI is InChI=1S/C19H30N4O.HI/c1-15-11-16(2)13-17(12-15)22-18(20)21-14-19(5-9-24-10-6-19)23-7-3-4-8-23;/h11-13H,3-10,14H2,1-2H3,(H3,20,21,22);1H. The molecule has 0 saturated carbocycles. The first-order chi connectivity index (χ1) is 11.6. The number of ether oxygens (including phenoxy) is 1. The van der Waals surface area contributed by atoms with E-state index in [1.807, 2.05) is 0 Å². The molecule has 140 valence electrons. The van der Waals surface area contributed by atoms with Gasteiger partial charge >= 0.3 is 0 Å². The molecule has 0 spiro atoms. The number of hydrogen-bond donors (Lipinski definition) is 2. The van der Waals surface area contributed by atoms with Crippen LogP contribution in [0.3, 0.4) is 0 Å². The number of guanidine groups is 1. The Kier molecular flexibility index (Phi) is 7.51. The van der Waals surface area contributed by atoms with Crippen molar-refractivity contribution < 1.29 is 4.74 Å². The summed E-state index contributed by atoms with van der Waals surface area (Å²) in [6.45, 7) is 8.96. The van der Waals surface area contributed by atoms with E-state index >= 15 is 0 Å². The van der Waals surface area contributed by atoms with Crippen LogP contribution in [-0.4, -0.2) is 49.2 Å². The maximum Gasteiger partial charge on any atom is 0.193 e. The Morgan fingerprint density at radius 2 is 1.76 bits per heavy atom. The first-order valence-corrected chi connectivity index (χ1v) is 9.05. The predicted molar refractivity (Wildman–Crippen MR) is 115 cm³/mol. The van der Waals surface area contributed by atoms with Gasteiger partial charge in [-0.15, -0.1) is 24.0 Å². The third kappa shape index (κ3) is 5.31. The first kappa shape index (κ1) is 20.5. The molecule has 5 nitrogen and oxygen atoms in total. The number of halogens is 1. The highest BCUT2D eigenvalue weighted by Crippen LogP contribution is 2.31. The lowest BCUT2D eigenvalue weighted by molar-refractivity contribution is -0.0138. The molecule has 0 aromatic heterocycles. The Morgan fingerprint density at radius 3 is 2.36 bits per heavy atom. The minimum absolute atomic E-state index is 0. The van der Waals surface area contributed by atoms with Gasteiger partial charge in [0.25, 0.3) is 0 Å². The summed E-state index contributed by atoms with van der Waals surface area (Å²) in [6.07, 6.45) is 4.69. The zero-order valence-corrected chi connectivity index (χ0v) is 17.7. The Balaban J connectivity index is 0.00000225. The normalized spacial score (nSPS) is 21.0. The van der Waals surface area contributed by atoms with Crippen molar-refractivity contribution in [2.45, 2.75) is 45.1 Å². The summed E-state index contributed by atoms with van der Waals surface area (Å²) in [6, 6.07) is 6.35. The van der Waals surface area contributed by atoms with Crippen molar-refractivity contribution in [3.05, 3.63) is 29.3 Å². The largest absolute Gasteiger partial charge is 0.381 e. The molecular weight excluding hydrogens is 427 g/mol. The molecule has 0 amide bonds. The van der Waals surface area contributed by atoms with Crippen LogP contribution in [0.25, 0.3) is 0 Å². The number of hydrogen-bond acceptors (Lipinski definition) is 3. The molecule has 1 aromatic rings. The average molecular weight is 458 g/mol. The van der Waals surface area contributed by atoms with Crippen molar-refractivity contribution in [1.82, 2.24) is 4.90 Å². The number of nitrogens with two attached hydrogens (primary N) is 1. The molecule has 1 aromatic carbocycles. The maximum atomic E-state index is 6.17. The molecule has 3 rings (SSSR count). The third-order valence-corrected chi connectivity index (χ3v) is 5.24. The highest BCUT2D eigenvalue weighted by atomic mass is 127. The quantitative estimate of drug-likeness (QED) is 0.413. The van der Waals surface area contributed by atoms with E-state index in [2.05, 4.69) is 42.3 Å². The molecule has 2 aliphatic rings. The van der Waals surface area contributed by atoms with Crippen LogP contribution in [0.4, 0.5) is 5.69 Å². The van der Waals surface area contributed by atoms with E-state index in [1.54, 1.807) is 0 Å². The van der Waals surface area contributed by atoms with E-state index in [-0.39, 0.29) is 29.5 Å². The van der Waals surface area contributed by atoms with E-state index in [4.69, 9.17) is 15.5 Å². The molecule has 2 aliphatic heterocycles. The van der Waals surface area contributed by atoms with E-state index in [1.165, 1.54) is 37.1 Å². The van der Waals surface area contributed by atoms with Gasteiger partial charge < -0.3 is 15.8 Å². The summed E-state index contributed by atoms with van der Waals surface area (Å²) in [4.78, 5) is 7.32. The number of nitrogens with zero attached hydrogens (tertiary/aromatic N) is 2. The van der Waals surface area contributed by atoms with Crippen LogP contribution in [-0.2, 0) is 4.74 Å². The van der Waals surface area contributed by atoms with E-state index in [9.17, 15) is 0 Å². The van der Waals surface area contributed by atoms with Crippen LogP contribution < -0.4 is 11.1 Å². The number of likely N-dealkylation sites (tertiary alicyclic amines) is 1. The van der Waals surface area contributed by atoms with Gasteiger partial charge in [-0.1, -0.05) is 6.07 Å². The maximum absolute atomic E-state index is 6.17. The summed E-state index contributed by atoms with van der Waals surface area (Å²) >= 11 is 0. The highest BCUT2D eigenvalue weighted by Gasteiger charge is 2.39. The SMILES string of the molecule is Cc1cc(C)cc(NC(N)=NCC2(N3CCCC3)CCOCC2)c1.I. The lowest BCUT2D eigenvalue weighted by atomic mass is 9.88. The fourth-order valence-corrected chi connectivity index (χ4v) is 3.98. The molecule has 0 aliphatic carbocycles. The van der Waals surface area contributed by atoms with Crippen molar-refractivity contribution >= 4 is 35.6 Å². The molecule has 6 heteroatoms. The summed E-state index contributed by atoms with van der Waals surface area (Å²) in [5.74, 6) is 0.505. The second kappa shape index (κ2) is 9.19. The summed E-state index contributed by atoms with van der Waals surface area (Å²) in [5.41, 5.74) is 9.76. The number of rotatable bonds is 4. The number of nitrogens with one attached hydrogen (secondary N) is 1. The fraction of sp³-hybridized carbons (Fsp3) is 0.632. The lowest BCUT2D eigenvalue weighted by Gasteiger charge is -2.43. The van der Waals surface area contributed by atoms with Crippen LogP contribution in [0.1, 0.15) is 36.8 Å². The Hall–Kier alpha value is -0.860. The molecule has 0 unspecified atom stereocenters. The first-order valence-electron chi connectivity index (χ1n) is 9.05. The van der Waals surface area contributed by atoms with Crippen LogP contribution >= 0.6 is 24.0 Å². The molecule has 2 saturated heterocycles. The average Bonchev–Trinajstić information content (AvgIpc) is 3.08. The van der Waals surface area contributed by atoms with Gasteiger partial charge in [0.05, 0.1) is 6.54 Å². The molecule has 2 fully saturated rings. The second-order valence-electron chi connectivity index (χ2n) is 7.23. The molecule has 0 bridgehead atoms. The van der Waals surface area contributed by atoms with Crippen molar-refractivity contribution in [3.8, 4) is 0 Å². The van der Waals surface area contributed by atoms with Gasteiger partial charge in [-0.3, -0.25) is 9.89 Å². The summed E-state index contributed by atoms with van der Waals surface area (Å²) < 4.78 is 5.59. The number of aliphatic imine (C=N–C) groups is 1. The van der Waals surface area contributed by atoms with Crippen molar-refractivity contribution in [2.75, 3.05) is 38.2 Å². The molecule has 3 N–H and O–H groups in total. The third-order valence-electron chi connectivity index (χ3n) is 5.24. The molecule has 2 heterocycles. The minimum atomic E-state index is 0. The van der Waals surface area contributed by atoms with Gasteiger partial charge in [-0.2, -0.15) is 0 Å². The summed E-state index contributed by atoms with van der Waals surface area (Å²) in [5, 5.41) is 3.25. The zero-order chi connectivity index (χ0) is 17.0. The Bertz CT molecular complexity index is 573. The smallest absolute Gasteiger partial charge is 0.193 e. The molecule has 0 atom stereocenters. The van der Waals surface area contributed by atoms with Gasteiger partial charge in [0.2, 0.25) is 0 Å². The van der Waals surface area contributed by atoms with Gasteiger partial charge in [0, 0.05) is 24.4 Å². The number of anilines is 1. The van der Waals surface area contributed by atoms with Crippen molar-refractivity contribution in [2.24, 2.45) is 10.7 Å². The topological polar surface area (TPSA) is 62.9 Å². The number of benzene rings is 1. The van der Waals surface area contributed by atoms with Crippen molar-refractivity contribution in [3.63, 3.8) is 0 Å². The minimum Gasteiger partial charge on any atom is -0.381 e. The fourth-order valence-electron chi connectivity index (χ4n) is 3.98. The van der Waals surface area contributed by atoms with E-state index < -0.39 is 0 Å². The number of aryl methyl sites for hydroxylation is 2. The van der Waals surface area contributed by atoms with Gasteiger partial charge in [-0.05, 0) is 75.9 Å². The second-order valence-corrected chi connectivity index (χ2v) is 7.23. The van der Waals surface area contributed by atoms with E-state index in [0.29, 0.717) is 5.96 Å². The van der Waals surface area contributed by atoms with Crippen LogP contribution in [0.15, 0.2) is 23.2 Å². The lowest BCUT2D eigenvalue weighted by Crippen LogP contribution is -2.53. The van der Waals surface area contributed by atoms with Gasteiger partial charge in [-0.25, -0.2) is 0 Å². The van der Waals surface area contributed by atoms with Crippen LogP contribution in [0.5, 0.6) is 0 Å². The molecule has 25 heavy (non-hydrogen) atoms. The van der Waals surface area contributed by atoms with Crippen LogP contribution in [0.2, 0.25) is 0 Å². The Labute approximate surface area is 168 Å². The zero-order valence-electron chi connectivity index (χ0n) is 15.4. The summed E-state index contributed by atoms with van der Waals surface area (Å²) in [7, 11) is 0. The Morgan fingerprint density at radius 1 is 1.16 bits per heavy atom. The molecule has 0 radical (unpaired) electrons. The molecular formula is C19H31IN4O. The highest BCUT2D eigenvalue weighted by molar-refractivity contribution is 14.0. The van der Waals surface area contributed by atoms with Crippen molar-refractivity contribution in [1.29, 1.82) is 0 Å². The van der Waals surface area contributed by atoms with Gasteiger partial charge in [0.15, 0.2) is 5.96 Å². The van der Waals surface area contributed by atoms with Gasteiger partial charge in [0.1, 0.15) is 0 Å². The monoisotopic (exact) mass is 458 g/mol. The van der Waals surface area contributed by atoms with E-state index in [0.717, 1.165) is 38.3 Å².